The zero-order valence-electron chi connectivity index (χ0n) is 13.0. The molecule has 0 saturated carbocycles. The van der Waals surface area contributed by atoms with Crippen molar-refractivity contribution in [3.05, 3.63) is 42.0 Å². The summed E-state index contributed by atoms with van der Waals surface area (Å²) in [5, 5.41) is 16.3. The topological polar surface area (TPSA) is 50.7 Å². The zero-order valence-corrected chi connectivity index (χ0v) is 13.8. The number of benzene rings is 2. The first-order chi connectivity index (χ1) is 10.0. The summed E-state index contributed by atoms with van der Waals surface area (Å²) in [7, 11) is 1.66. The van der Waals surface area contributed by atoms with Crippen LogP contribution in [0.15, 0.2) is 36.4 Å². The fourth-order valence-corrected chi connectivity index (χ4v) is 2.87. The molecular weight excluding hydrogens is 302 g/mol. The lowest BCUT2D eigenvalue weighted by Crippen LogP contribution is -2.58. The highest BCUT2D eigenvalue weighted by atomic mass is 35.5. The summed E-state index contributed by atoms with van der Waals surface area (Å²) in [4.78, 5) is 0. The third-order valence-electron chi connectivity index (χ3n) is 4.14. The van der Waals surface area contributed by atoms with Gasteiger partial charge < -0.3 is 19.9 Å². The Morgan fingerprint density at radius 1 is 1.18 bits per heavy atom. The van der Waals surface area contributed by atoms with Gasteiger partial charge in [0.25, 0.3) is 0 Å². The van der Waals surface area contributed by atoms with Gasteiger partial charge in [-0.1, -0.05) is 18.2 Å². The van der Waals surface area contributed by atoms with Crippen LogP contribution in [0.4, 0.5) is 0 Å². The van der Waals surface area contributed by atoms with Crippen molar-refractivity contribution in [3.8, 4) is 5.75 Å². The van der Waals surface area contributed by atoms with Crippen molar-refractivity contribution in [3.63, 3.8) is 0 Å². The molecule has 3 rings (SSSR count). The highest BCUT2D eigenvalue weighted by Crippen LogP contribution is 2.32. The summed E-state index contributed by atoms with van der Waals surface area (Å²) in [6, 6.07) is 11.8. The van der Waals surface area contributed by atoms with E-state index in [0.717, 1.165) is 22.1 Å². The van der Waals surface area contributed by atoms with E-state index in [0.29, 0.717) is 6.61 Å². The Balaban J connectivity index is 0.00000176. The fourth-order valence-electron chi connectivity index (χ4n) is 2.87. The van der Waals surface area contributed by atoms with E-state index in [1.54, 1.807) is 7.11 Å². The first kappa shape index (κ1) is 17.0. The quantitative estimate of drug-likeness (QED) is 0.892. The second-order valence-corrected chi connectivity index (χ2v) is 5.72. The second kappa shape index (κ2) is 6.42. The minimum atomic E-state index is -1.29. The van der Waals surface area contributed by atoms with E-state index in [2.05, 4.69) is 5.32 Å². The fraction of sp³-hybridized carbons (Fsp3) is 0.412. The van der Waals surface area contributed by atoms with Crippen LogP contribution in [0, 0.1) is 0 Å². The maximum absolute atomic E-state index is 10.9. The standard InChI is InChI=1S/C17H21NO3.ClH/c1-11-10-21-17(19,12(2)18-11)15-6-4-14-9-16(20-3)7-5-13(14)8-15;/h4-9,11-12,18-19H,10H2,1-3H3;1H/t11-,12+,17-;/m1./s1. The summed E-state index contributed by atoms with van der Waals surface area (Å²) in [5.41, 5.74) is 0.770. The van der Waals surface area contributed by atoms with Crippen LogP contribution in [0.3, 0.4) is 0 Å². The Bertz CT molecular complexity index is 663. The van der Waals surface area contributed by atoms with Gasteiger partial charge in [-0.15, -0.1) is 12.4 Å². The zero-order chi connectivity index (χ0) is 15.0. The molecule has 1 fully saturated rings. The Kier molecular flexibility index (Phi) is 4.97. The molecule has 0 aliphatic carbocycles. The lowest BCUT2D eigenvalue weighted by Gasteiger charge is -2.41. The molecule has 120 valence electrons. The number of hydrogen-bond acceptors (Lipinski definition) is 4. The van der Waals surface area contributed by atoms with Crippen molar-refractivity contribution >= 4 is 23.2 Å². The van der Waals surface area contributed by atoms with E-state index in [-0.39, 0.29) is 24.5 Å². The molecule has 2 aromatic carbocycles. The number of fused-ring (bicyclic) bond motifs is 1. The Morgan fingerprint density at radius 2 is 1.86 bits per heavy atom. The van der Waals surface area contributed by atoms with E-state index >= 15 is 0 Å². The van der Waals surface area contributed by atoms with Crippen LogP contribution in [-0.2, 0) is 10.5 Å². The molecule has 2 N–H and O–H groups in total. The van der Waals surface area contributed by atoms with Crippen molar-refractivity contribution in [2.75, 3.05) is 13.7 Å². The van der Waals surface area contributed by atoms with Gasteiger partial charge in [0, 0.05) is 11.6 Å². The number of methoxy groups -OCH3 is 1. The summed E-state index contributed by atoms with van der Waals surface area (Å²) in [5.74, 6) is -0.465. The van der Waals surface area contributed by atoms with Crippen LogP contribution in [0.25, 0.3) is 10.8 Å². The van der Waals surface area contributed by atoms with Gasteiger partial charge in [-0.2, -0.15) is 0 Å². The highest BCUT2D eigenvalue weighted by molar-refractivity contribution is 5.85. The number of ether oxygens (including phenoxy) is 2. The largest absolute Gasteiger partial charge is 0.497 e. The molecule has 5 heteroatoms. The predicted octanol–water partition coefficient (Wildman–Crippen LogP) is 2.81. The smallest absolute Gasteiger partial charge is 0.208 e. The Labute approximate surface area is 136 Å². The summed E-state index contributed by atoms with van der Waals surface area (Å²) < 4.78 is 11.0. The molecule has 1 saturated heterocycles. The molecule has 2 aromatic rings. The van der Waals surface area contributed by atoms with Crippen molar-refractivity contribution in [2.24, 2.45) is 0 Å². The van der Waals surface area contributed by atoms with E-state index < -0.39 is 5.79 Å². The molecule has 4 nitrogen and oxygen atoms in total. The van der Waals surface area contributed by atoms with Gasteiger partial charge in [-0.3, -0.25) is 0 Å². The summed E-state index contributed by atoms with van der Waals surface area (Å²) in [6.45, 7) is 4.47. The van der Waals surface area contributed by atoms with Gasteiger partial charge in [-0.05, 0) is 42.8 Å². The number of aliphatic hydroxyl groups is 1. The van der Waals surface area contributed by atoms with Crippen molar-refractivity contribution in [2.45, 2.75) is 31.7 Å². The van der Waals surface area contributed by atoms with Gasteiger partial charge in [0.1, 0.15) is 5.75 Å². The van der Waals surface area contributed by atoms with Crippen LogP contribution < -0.4 is 10.1 Å². The van der Waals surface area contributed by atoms with E-state index in [4.69, 9.17) is 9.47 Å². The van der Waals surface area contributed by atoms with Gasteiger partial charge in [0.05, 0.1) is 19.8 Å². The van der Waals surface area contributed by atoms with Crippen LogP contribution in [0.5, 0.6) is 5.75 Å². The molecule has 1 heterocycles. The molecule has 0 bridgehead atoms. The predicted molar refractivity (Wildman–Crippen MR) is 89.7 cm³/mol. The lowest BCUT2D eigenvalue weighted by atomic mass is 9.94. The molecule has 0 unspecified atom stereocenters. The first-order valence-electron chi connectivity index (χ1n) is 7.23. The SMILES string of the molecule is COc1ccc2cc([C@]3(O)OC[C@@H](C)N[C@H]3C)ccc2c1.Cl. The molecule has 0 spiro atoms. The number of morpholine rings is 1. The number of halogens is 1. The molecule has 22 heavy (non-hydrogen) atoms. The maximum Gasteiger partial charge on any atom is 0.208 e. The maximum atomic E-state index is 10.9. The number of nitrogens with one attached hydrogen (secondary N) is 1. The Hall–Kier alpha value is -1.33. The molecule has 1 aliphatic rings. The van der Waals surface area contributed by atoms with E-state index in [9.17, 15) is 5.11 Å². The number of hydrogen-bond donors (Lipinski definition) is 2. The average Bonchev–Trinajstić information content (AvgIpc) is 2.50. The van der Waals surface area contributed by atoms with Crippen LogP contribution in [0.1, 0.15) is 19.4 Å². The van der Waals surface area contributed by atoms with Crippen molar-refractivity contribution in [1.82, 2.24) is 5.32 Å². The first-order valence-corrected chi connectivity index (χ1v) is 7.23. The van der Waals surface area contributed by atoms with Crippen molar-refractivity contribution < 1.29 is 14.6 Å². The summed E-state index contributed by atoms with van der Waals surface area (Å²) >= 11 is 0. The van der Waals surface area contributed by atoms with Gasteiger partial charge in [0.15, 0.2) is 0 Å². The van der Waals surface area contributed by atoms with E-state index in [1.165, 1.54) is 0 Å². The minimum Gasteiger partial charge on any atom is -0.497 e. The highest BCUT2D eigenvalue weighted by Gasteiger charge is 2.41. The third kappa shape index (κ3) is 2.92. The second-order valence-electron chi connectivity index (χ2n) is 5.72. The lowest BCUT2D eigenvalue weighted by molar-refractivity contribution is -0.252. The van der Waals surface area contributed by atoms with Gasteiger partial charge in [-0.25, -0.2) is 0 Å². The normalized spacial score (nSPS) is 28.2. The minimum absolute atomic E-state index is 0. The molecule has 0 aromatic heterocycles. The van der Waals surface area contributed by atoms with Crippen LogP contribution in [0.2, 0.25) is 0 Å². The van der Waals surface area contributed by atoms with Gasteiger partial charge in [0.2, 0.25) is 5.79 Å². The molecule has 0 amide bonds. The van der Waals surface area contributed by atoms with Crippen LogP contribution in [-0.4, -0.2) is 30.9 Å². The molecule has 3 atom stereocenters. The monoisotopic (exact) mass is 323 g/mol. The van der Waals surface area contributed by atoms with Crippen LogP contribution >= 0.6 is 12.4 Å². The summed E-state index contributed by atoms with van der Waals surface area (Å²) in [6.07, 6.45) is 0. The molecular formula is C17H22ClNO3. The molecule has 0 radical (unpaired) electrons. The third-order valence-corrected chi connectivity index (χ3v) is 4.14. The Morgan fingerprint density at radius 3 is 2.55 bits per heavy atom. The average molecular weight is 324 g/mol. The van der Waals surface area contributed by atoms with Gasteiger partial charge >= 0.3 is 0 Å². The van der Waals surface area contributed by atoms with E-state index in [1.807, 2.05) is 50.2 Å². The molecule has 1 aliphatic heterocycles. The number of rotatable bonds is 2. The van der Waals surface area contributed by atoms with Crippen molar-refractivity contribution in [1.29, 1.82) is 0 Å².